The van der Waals surface area contributed by atoms with E-state index in [-0.39, 0.29) is 44.9 Å². The number of carboxylic acids is 1. The summed E-state index contributed by atoms with van der Waals surface area (Å²) in [6.07, 6.45) is 10.7. The maximum Gasteiger partial charge on any atom is 0.330 e. The van der Waals surface area contributed by atoms with Crippen LogP contribution in [0.4, 0.5) is 9.93 Å². The number of pyridine rings is 1. The summed E-state index contributed by atoms with van der Waals surface area (Å²) in [5, 5.41) is 27.6. The van der Waals surface area contributed by atoms with E-state index in [1.54, 1.807) is 36.8 Å². The summed E-state index contributed by atoms with van der Waals surface area (Å²) < 4.78 is 40.8. The number of nitrogens with one attached hydrogen (secondary N) is 4. The van der Waals surface area contributed by atoms with Gasteiger partial charge in [0.2, 0.25) is 21.8 Å². The van der Waals surface area contributed by atoms with Gasteiger partial charge in [0.05, 0.1) is 42.9 Å². The molecule has 1 unspecified atom stereocenters. The largest absolute Gasteiger partial charge is 0.497 e. The van der Waals surface area contributed by atoms with Crippen LogP contribution in [0.15, 0.2) is 69.4 Å². The minimum absolute atomic E-state index is 0.0189. The summed E-state index contributed by atoms with van der Waals surface area (Å²) in [4.78, 5) is 68.8. The van der Waals surface area contributed by atoms with Crippen molar-refractivity contribution < 1.29 is 42.2 Å². The number of methoxy groups -OCH3 is 1. The zero-order valence-electron chi connectivity index (χ0n) is 38.4. The molecule has 5 aliphatic rings. The Labute approximate surface area is 403 Å². The average Bonchev–Trinajstić information content (AvgIpc) is 3.79. The molecule has 1 saturated heterocycles. The maximum atomic E-state index is 15.1. The number of ether oxygens (including phenoxy) is 2. The lowest BCUT2D eigenvalue weighted by atomic mass is 9.93. The van der Waals surface area contributed by atoms with Gasteiger partial charge in [0.1, 0.15) is 40.9 Å². The number of aromatic nitrogens is 2. The zero-order valence-corrected chi connectivity index (χ0v) is 40.9. The third kappa shape index (κ3) is 9.95. The highest BCUT2D eigenvalue weighted by Gasteiger charge is 2.61. The Morgan fingerprint density at radius 3 is 2.60 bits per heavy atom. The first-order chi connectivity index (χ1) is 32.7. The maximum absolute atomic E-state index is 15.1. The van der Waals surface area contributed by atoms with Gasteiger partial charge in [-0.15, -0.1) is 22.7 Å². The smallest absolute Gasteiger partial charge is 0.330 e. The molecule has 5 atom stereocenters. The number of hydrogen-bond donors (Lipinski definition) is 5. The van der Waals surface area contributed by atoms with Crippen molar-refractivity contribution in [3.05, 3.63) is 69.4 Å². The molecule has 2 saturated carbocycles. The van der Waals surface area contributed by atoms with Gasteiger partial charge < -0.3 is 40.7 Å². The molecule has 362 valence electrons. The number of carbonyl (C=O) groups excluding carboxylic acids is 3. The highest BCUT2D eigenvalue weighted by atomic mass is 32.2. The number of thiazole rings is 1. The SMILES string of the molecule is COc1ccc2c(O[C@@H]3C[C@H]4C(=O)N[C@]5(C(=O)O)CC5/C=C\CCCCC[C@H](NC(=O)NC(CN5Cc6sccc6S5(=O)=O)=C5CCCCC5)C(=O)N4C3)cc(-c3csc(NC(C)C)n3)nc2c1. The number of thiophene rings is 1. The Morgan fingerprint density at radius 1 is 1.03 bits per heavy atom. The second-order valence-electron chi connectivity index (χ2n) is 18.6. The highest BCUT2D eigenvalue weighted by Crippen LogP contribution is 2.46. The molecule has 5 N–H and O–H groups in total. The van der Waals surface area contributed by atoms with Crippen LogP contribution in [-0.4, -0.2) is 106 Å². The number of hydrogen-bond acceptors (Lipinski definition) is 13. The van der Waals surface area contributed by atoms with E-state index in [2.05, 4.69) is 21.3 Å². The number of carboxylic acid groups (broad SMARTS) is 1. The van der Waals surface area contributed by atoms with E-state index in [1.165, 1.54) is 31.9 Å². The predicted octanol–water partition coefficient (Wildman–Crippen LogP) is 7.17. The summed E-state index contributed by atoms with van der Waals surface area (Å²) in [6.45, 7) is 4.21. The first kappa shape index (κ1) is 47.5. The third-order valence-electron chi connectivity index (χ3n) is 13.5. The fourth-order valence-electron chi connectivity index (χ4n) is 9.79. The predicted molar refractivity (Wildman–Crippen MR) is 259 cm³/mol. The normalized spacial score (nSPS) is 25.6. The molecule has 3 aromatic heterocycles. The van der Waals surface area contributed by atoms with Crippen LogP contribution in [0.5, 0.6) is 11.5 Å². The Balaban J connectivity index is 1.01. The lowest BCUT2D eigenvalue weighted by molar-refractivity contribution is -0.145. The van der Waals surface area contributed by atoms with E-state index < -0.39 is 63.5 Å². The molecule has 0 bridgehead atoms. The zero-order chi connectivity index (χ0) is 47.7. The van der Waals surface area contributed by atoms with Gasteiger partial charge in [-0.05, 0) is 94.4 Å². The number of amides is 4. The van der Waals surface area contributed by atoms with E-state index in [0.717, 1.165) is 47.7 Å². The van der Waals surface area contributed by atoms with Gasteiger partial charge in [0, 0.05) is 51.9 Å². The molecule has 20 heteroatoms. The second-order valence-corrected chi connectivity index (χ2v) is 22.4. The van der Waals surface area contributed by atoms with Crippen LogP contribution >= 0.6 is 22.7 Å². The number of fused-ring (bicyclic) bond motifs is 4. The minimum Gasteiger partial charge on any atom is -0.497 e. The third-order valence-corrected chi connectivity index (χ3v) is 17.2. The van der Waals surface area contributed by atoms with E-state index >= 15 is 4.79 Å². The molecule has 2 aliphatic carbocycles. The summed E-state index contributed by atoms with van der Waals surface area (Å²) in [6, 6.07) is 6.15. The van der Waals surface area contributed by atoms with Crippen LogP contribution in [0.3, 0.4) is 0 Å². The van der Waals surface area contributed by atoms with E-state index in [9.17, 15) is 27.9 Å². The van der Waals surface area contributed by atoms with Crippen molar-refractivity contribution in [1.82, 2.24) is 35.1 Å². The number of benzene rings is 1. The molecular formula is C48H58N8O9S3. The average molecular weight is 987 g/mol. The quantitative estimate of drug-likeness (QED) is 0.0945. The number of anilines is 1. The van der Waals surface area contributed by atoms with Crippen molar-refractivity contribution in [3.63, 3.8) is 0 Å². The molecule has 9 rings (SSSR count). The van der Waals surface area contributed by atoms with E-state index in [4.69, 9.17) is 19.4 Å². The summed E-state index contributed by atoms with van der Waals surface area (Å²) in [5.74, 6) is -1.65. The van der Waals surface area contributed by atoms with Crippen molar-refractivity contribution in [2.45, 2.75) is 132 Å². The Morgan fingerprint density at radius 2 is 1.84 bits per heavy atom. The van der Waals surface area contributed by atoms with Gasteiger partial charge in [-0.3, -0.25) is 9.59 Å². The van der Waals surface area contributed by atoms with Crippen molar-refractivity contribution in [2.24, 2.45) is 5.92 Å². The van der Waals surface area contributed by atoms with Crippen LogP contribution in [0.25, 0.3) is 22.3 Å². The molecule has 3 aliphatic heterocycles. The van der Waals surface area contributed by atoms with Crippen LogP contribution in [0, 0.1) is 5.92 Å². The molecule has 0 radical (unpaired) electrons. The van der Waals surface area contributed by atoms with Crippen molar-refractivity contribution in [1.29, 1.82) is 0 Å². The summed E-state index contributed by atoms with van der Waals surface area (Å²) in [5.41, 5.74) is 1.73. The monoisotopic (exact) mass is 986 g/mol. The van der Waals surface area contributed by atoms with Crippen LogP contribution in [0.1, 0.15) is 95.8 Å². The lowest BCUT2D eigenvalue weighted by Gasteiger charge is -2.30. The molecule has 17 nitrogen and oxygen atoms in total. The minimum atomic E-state index is -3.76. The molecule has 1 aromatic carbocycles. The lowest BCUT2D eigenvalue weighted by Crippen LogP contribution is -2.57. The topological polar surface area (TPSA) is 221 Å². The first-order valence-electron chi connectivity index (χ1n) is 23.5. The number of carbonyl (C=O) groups is 4. The van der Waals surface area contributed by atoms with E-state index in [1.807, 2.05) is 37.4 Å². The summed E-state index contributed by atoms with van der Waals surface area (Å²) >= 11 is 2.84. The number of aliphatic carboxylic acids is 1. The number of sulfonamides is 1. The summed E-state index contributed by atoms with van der Waals surface area (Å²) in [7, 11) is -2.19. The van der Waals surface area contributed by atoms with Gasteiger partial charge >= 0.3 is 12.0 Å². The molecular weight excluding hydrogens is 929 g/mol. The van der Waals surface area contributed by atoms with E-state index in [0.29, 0.717) is 70.1 Å². The molecule has 68 heavy (non-hydrogen) atoms. The molecule has 0 spiro atoms. The number of urea groups is 1. The van der Waals surface area contributed by atoms with Crippen LogP contribution in [-0.2, 0) is 31.0 Å². The van der Waals surface area contributed by atoms with Gasteiger partial charge in [-0.2, -0.15) is 4.31 Å². The van der Waals surface area contributed by atoms with Crippen molar-refractivity contribution in [2.75, 3.05) is 25.5 Å². The Hall–Kier alpha value is -5.57. The van der Waals surface area contributed by atoms with Crippen LogP contribution < -0.4 is 30.7 Å². The fourth-order valence-corrected chi connectivity index (χ4v) is 13.5. The second kappa shape index (κ2) is 19.8. The van der Waals surface area contributed by atoms with Crippen molar-refractivity contribution >= 4 is 72.5 Å². The van der Waals surface area contributed by atoms with Gasteiger partial charge in [0.25, 0.3) is 0 Å². The van der Waals surface area contributed by atoms with Gasteiger partial charge in [-0.25, -0.2) is 28.0 Å². The Kier molecular flexibility index (Phi) is 13.8. The fraction of sp³-hybridized carbons (Fsp3) is 0.500. The van der Waals surface area contributed by atoms with Crippen LogP contribution in [0.2, 0.25) is 0 Å². The molecule has 4 aromatic rings. The first-order valence-corrected chi connectivity index (χ1v) is 26.7. The van der Waals surface area contributed by atoms with Crippen molar-refractivity contribution in [3.8, 4) is 22.9 Å². The Bertz CT molecular complexity index is 2760. The van der Waals surface area contributed by atoms with Gasteiger partial charge in [0.15, 0.2) is 5.13 Å². The molecule has 4 amide bonds. The standard InChI is InChI=1S/C48H58N8O9S3/c1-28(2)49-47-53-38(27-67-47)36-22-40(33-17-16-31(64-3)20-35(33)50-36)65-32-21-39-43(57)54-48(45(59)60)23-30(48)14-10-5-4-6-11-15-34(44(58)56(39)24-32)51-46(61)52-37(29-12-8-7-9-13-29)25-55-26-41-42(18-19-66-41)68(55,62)63/h10,14,16-20,22,27-28,30,32,34,39H,4-9,11-13,15,21,23-26H2,1-3H3,(H,49,53)(H,54,57)(H,59,60)(H2,51,52,61)/b14-10-/t30?,32-,34+,39+,48-/m1/s1. The number of rotatable bonds is 11. The van der Waals surface area contributed by atoms with Gasteiger partial charge in [-0.1, -0.05) is 31.4 Å². The number of allylic oxidation sites excluding steroid dienone is 2. The number of nitrogens with zero attached hydrogens (tertiary/aromatic N) is 4. The molecule has 6 heterocycles. The highest BCUT2D eigenvalue weighted by molar-refractivity contribution is 7.89. The molecule has 3 fully saturated rings.